The molecule has 1 aromatic heterocycles. The summed E-state index contributed by atoms with van der Waals surface area (Å²) in [6.07, 6.45) is 6.51. The molecule has 0 radical (unpaired) electrons. The Morgan fingerprint density at radius 1 is 1.14 bits per heavy atom. The zero-order chi connectivity index (χ0) is 15.1. The summed E-state index contributed by atoms with van der Waals surface area (Å²) in [5.41, 5.74) is 2.38. The van der Waals surface area contributed by atoms with Gasteiger partial charge in [0.05, 0.1) is 10.6 Å². The number of unbranched alkanes of at least 4 members (excludes halogenated alkanes) is 3. The molecule has 0 spiro atoms. The molecule has 1 aromatic carbocycles. The molecule has 1 unspecified atom stereocenters. The van der Waals surface area contributed by atoms with Crippen molar-refractivity contribution in [1.82, 2.24) is 4.98 Å². The van der Waals surface area contributed by atoms with E-state index in [0.717, 1.165) is 10.8 Å². The van der Waals surface area contributed by atoms with Gasteiger partial charge in [0.2, 0.25) is 0 Å². The van der Waals surface area contributed by atoms with Crippen LogP contribution in [0.4, 0.5) is 5.13 Å². The largest absolute Gasteiger partial charge is 0.359 e. The minimum Gasteiger partial charge on any atom is -0.359 e. The molecule has 0 bridgehead atoms. The quantitative estimate of drug-likeness (QED) is 0.615. The zero-order valence-corrected chi connectivity index (χ0v) is 14.2. The molecule has 1 N–H and O–H groups in total. The van der Waals surface area contributed by atoms with E-state index in [0.29, 0.717) is 6.04 Å². The number of nitrogens with zero attached hydrogens (tertiary/aromatic N) is 1. The first-order valence-corrected chi connectivity index (χ1v) is 8.81. The van der Waals surface area contributed by atoms with Gasteiger partial charge in [-0.05, 0) is 25.8 Å². The van der Waals surface area contributed by atoms with Crippen molar-refractivity contribution in [3.05, 3.63) is 36.0 Å². The second kappa shape index (κ2) is 8.18. The van der Waals surface area contributed by atoms with Crippen molar-refractivity contribution >= 4 is 16.5 Å². The SMILES string of the molecule is CCCCCCC(C)Nc1nc(C)c(-c2ccccc2)s1. The van der Waals surface area contributed by atoms with Crippen LogP contribution in [0.5, 0.6) is 0 Å². The Morgan fingerprint density at radius 2 is 1.90 bits per heavy atom. The van der Waals surface area contributed by atoms with Gasteiger partial charge >= 0.3 is 0 Å². The predicted octanol–water partition coefficient (Wildman–Crippen LogP) is 5.89. The lowest BCUT2D eigenvalue weighted by Crippen LogP contribution is -2.14. The van der Waals surface area contributed by atoms with E-state index in [2.05, 4.69) is 61.4 Å². The third-order valence-electron chi connectivity index (χ3n) is 3.69. The van der Waals surface area contributed by atoms with E-state index in [9.17, 15) is 0 Å². The number of hydrogen-bond donors (Lipinski definition) is 1. The van der Waals surface area contributed by atoms with Crippen LogP contribution in [-0.4, -0.2) is 11.0 Å². The third-order valence-corrected chi connectivity index (χ3v) is 4.83. The Bertz CT molecular complexity index is 533. The van der Waals surface area contributed by atoms with Crippen LogP contribution in [0.15, 0.2) is 30.3 Å². The summed E-state index contributed by atoms with van der Waals surface area (Å²) in [5.74, 6) is 0. The Labute approximate surface area is 132 Å². The number of nitrogens with one attached hydrogen (secondary N) is 1. The first-order valence-electron chi connectivity index (χ1n) is 8.00. The molecule has 3 heteroatoms. The molecule has 0 saturated carbocycles. The number of hydrogen-bond acceptors (Lipinski definition) is 3. The maximum Gasteiger partial charge on any atom is 0.183 e. The number of anilines is 1. The summed E-state index contributed by atoms with van der Waals surface area (Å²) in [4.78, 5) is 5.95. The average Bonchev–Trinajstić information content (AvgIpc) is 2.85. The van der Waals surface area contributed by atoms with E-state index < -0.39 is 0 Å². The maximum absolute atomic E-state index is 4.68. The highest BCUT2D eigenvalue weighted by Crippen LogP contribution is 2.32. The average molecular weight is 302 g/mol. The second-order valence-electron chi connectivity index (χ2n) is 5.69. The standard InChI is InChI=1S/C18H26N2S/c1-4-5-6-8-11-14(2)19-18-20-15(3)17(21-18)16-12-9-7-10-13-16/h7,9-10,12-14H,4-6,8,11H2,1-3H3,(H,19,20). The number of thiazole rings is 1. The van der Waals surface area contributed by atoms with Gasteiger partial charge in [-0.3, -0.25) is 0 Å². The highest BCUT2D eigenvalue weighted by molar-refractivity contribution is 7.19. The first kappa shape index (κ1) is 16.0. The van der Waals surface area contributed by atoms with Gasteiger partial charge in [-0.1, -0.05) is 74.3 Å². The monoisotopic (exact) mass is 302 g/mol. The summed E-state index contributed by atoms with van der Waals surface area (Å²) in [6, 6.07) is 11.0. The Hall–Kier alpha value is -1.35. The predicted molar refractivity (Wildman–Crippen MR) is 94.1 cm³/mol. The van der Waals surface area contributed by atoms with E-state index in [1.165, 1.54) is 42.5 Å². The van der Waals surface area contributed by atoms with Crippen molar-refractivity contribution in [1.29, 1.82) is 0 Å². The van der Waals surface area contributed by atoms with Gasteiger partial charge in [-0.25, -0.2) is 4.98 Å². The molecule has 0 aliphatic rings. The molecular weight excluding hydrogens is 276 g/mol. The molecule has 1 heterocycles. The number of benzene rings is 1. The van der Waals surface area contributed by atoms with Crippen LogP contribution in [0.1, 0.15) is 51.6 Å². The fraction of sp³-hybridized carbons (Fsp3) is 0.500. The van der Waals surface area contributed by atoms with E-state index in [-0.39, 0.29) is 0 Å². The first-order chi connectivity index (χ1) is 10.2. The van der Waals surface area contributed by atoms with Crippen LogP contribution < -0.4 is 5.32 Å². The van der Waals surface area contributed by atoms with Crippen LogP contribution >= 0.6 is 11.3 Å². The molecular formula is C18H26N2S. The lowest BCUT2D eigenvalue weighted by atomic mass is 10.1. The van der Waals surface area contributed by atoms with E-state index in [4.69, 9.17) is 0 Å². The molecule has 0 saturated heterocycles. The van der Waals surface area contributed by atoms with Crippen LogP contribution in [-0.2, 0) is 0 Å². The van der Waals surface area contributed by atoms with Crippen molar-refractivity contribution in [2.24, 2.45) is 0 Å². The fourth-order valence-electron chi connectivity index (χ4n) is 2.48. The summed E-state index contributed by atoms with van der Waals surface area (Å²) in [5, 5.41) is 4.61. The molecule has 0 aliphatic carbocycles. The molecule has 1 atom stereocenters. The van der Waals surface area contributed by atoms with Crippen molar-refractivity contribution in [2.75, 3.05) is 5.32 Å². The molecule has 21 heavy (non-hydrogen) atoms. The van der Waals surface area contributed by atoms with Gasteiger partial charge in [-0.2, -0.15) is 0 Å². The lowest BCUT2D eigenvalue weighted by molar-refractivity contribution is 0.594. The van der Waals surface area contributed by atoms with Gasteiger partial charge in [0, 0.05) is 6.04 Å². The van der Waals surface area contributed by atoms with Crippen molar-refractivity contribution in [3.63, 3.8) is 0 Å². The fourth-order valence-corrected chi connectivity index (χ4v) is 3.56. The molecule has 114 valence electrons. The van der Waals surface area contributed by atoms with Crippen LogP contribution in [0, 0.1) is 6.92 Å². The topological polar surface area (TPSA) is 24.9 Å². The van der Waals surface area contributed by atoms with Crippen LogP contribution in [0.25, 0.3) is 10.4 Å². The van der Waals surface area contributed by atoms with Gasteiger partial charge in [0.25, 0.3) is 0 Å². The Morgan fingerprint density at radius 3 is 2.62 bits per heavy atom. The summed E-state index contributed by atoms with van der Waals surface area (Å²) in [6.45, 7) is 6.60. The third kappa shape index (κ3) is 4.85. The molecule has 0 amide bonds. The molecule has 2 nitrogen and oxygen atoms in total. The van der Waals surface area contributed by atoms with Crippen LogP contribution in [0.3, 0.4) is 0 Å². The smallest absolute Gasteiger partial charge is 0.183 e. The number of aryl methyl sites for hydroxylation is 1. The lowest BCUT2D eigenvalue weighted by Gasteiger charge is -2.12. The zero-order valence-electron chi connectivity index (χ0n) is 13.4. The highest BCUT2D eigenvalue weighted by Gasteiger charge is 2.11. The van der Waals surface area contributed by atoms with E-state index in [1.807, 2.05) is 0 Å². The maximum atomic E-state index is 4.68. The van der Waals surface area contributed by atoms with Crippen molar-refractivity contribution in [3.8, 4) is 10.4 Å². The summed E-state index contributed by atoms with van der Waals surface area (Å²) >= 11 is 1.76. The summed E-state index contributed by atoms with van der Waals surface area (Å²) in [7, 11) is 0. The minimum absolute atomic E-state index is 0.496. The highest BCUT2D eigenvalue weighted by atomic mass is 32.1. The molecule has 0 aliphatic heterocycles. The second-order valence-corrected chi connectivity index (χ2v) is 6.69. The minimum atomic E-state index is 0.496. The molecule has 0 fully saturated rings. The van der Waals surface area contributed by atoms with E-state index in [1.54, 1.807) is 11.3 Å². The van der Waals surface area contributed by atoms with Crippen molar-refractivity contribution in [2.45, 2.75) is 58.9 Å². The number of aromatic nitrogens is 1. The van der Waals surface area contributed by atoms with Gasteiger partial charge in [-0.15, -0.1) is 0 Å². The van der Waals surface area contributed by atoms with E-state index >= 15 is 0 Å². The van der Waals surface area contributed by atoms with Gasteiger partial charge < -0.3 is 5.32 Å². The number of rotatable bonds is 8. The van der Waals surface area contributed by atoms with Crippen molar-refractivity contribution < 1.29 is 0 Å². The Balaban J connectivity index is 1.93. The molecule has 2 rings (SSSR count). The van der Waals surface area contributed by atoms with Crippen LogP contribution in [0.2, 0.25) is 0 Å². The van der Waals surface area contributed by atoms with Gasteiger partial charge in [0.15, 0.2) is 5.13 Å². The van der Waals surface area contributed by atoms with Gasteiger partial charge in [0.1, 0.15) is 0 Å². The molecule has 2 aromatic rings. The Kier molecular flexibility index (Phi) is 6.24. The summed E-state index contributed by atoms with van der Waals surface area (Å²) < 4.78 is 0. The normalized spacial score (nSPS) is 12.3.